The van der Waals surface area contributed by atoms with Gasteiger partial charge in [0, 0.05) is 16.5 Å². The maximum atomic E-state index is 12.2. The predicted octanol–water partition coefficient (Wildman–Crippen LogP) is 3.06. The molecule has 0 bridgehead atoms. The average molecular weight is 311 g/mol. The molecule has 0 saturated heterocycles. The van der Waals surface area contributed by atoms with E-state index in [-0.39, 0.29) is 17.8 Å². The number of hydrogen-bond acceptors (Lipinski definition) is 5. The van der Waals surface area contributed by atoms with Gasteiger partial charge < -0.3 is 10.1 Å². The van der Waals surface area contributed by atoms with Gasteiger partial charge in [0.05, 0.1) is 12.2 Å². The number of rotatable bonds is 4. The summed E-state index contributed by atoms with van der Waals surface area (Å²) < 4.78 is 5.16. The van der Waals surface area contributed by atoms with Gasteiger partial charge in [-0.1, -0.05) is 0 Å². The van der Waals surface area contributed by atoms with Gasteiger partial charge in [-0.05, 0) is 37.5 Å². The first-order chi connectivity index (χ1) is 9.70. The van der Waals surface area contributed by atoms with Crippen LogP contribution in [0.15, 0.2) is 0 Å². The minimum atomic E-state index is -0.303. The summed E-state index contributed by atoms with van der Waals surface area (Å²) >= 11 is 3.40. The fourth-order valence-corrected chi connectivity index (χ4v) is 4.67. The van der Waals surface area contributed by atoms with Crippen LogP contribution in [0.1, 0.15) is 40.6 Å². The quantitative estimate of drug-likeness (QED) is 0.868. The second-order valence-electron chi connectivity index (χ2n) is 4.99. The highest BCUT2D eigenvalue weighted by Crippen LogP contribution is 2.41. The van der Waals surface area contributed by atoms with Gasteiger partial charge in [-0.15, -0.1) is 11.3 Å². The van der Waals surface area contributed by atoms with E-state index in [0.29, 0.717) is 17.2 Å². The standard InChI is InChI=1S/C14H17NO3S2/c1-2-18-14(17)11-9-5-6-19-7-10(9)20-13(11)15-12(16)8-3-4-8/h8H,2-7H2,1H3,(H,15,16). The SMILES string of the molecule is CCOC(=O)c1c(NC(=O)C2CC2)sc2c1CCSC2. The summed E-state index contributed by atoms with van der Waals surface area (Å²) in [5.41, 5.74) is 1.68. The number of thioether (sulfide) groups is 1. The second kappa shape index (κ2) is 5.77. The molecule has 0 radical (unpaired) electrons. The number of fused-ring (bicyclic) bond motifs is 1. The molecule has 1 aliphatic heterocycles. The average Bonchev–Trinajstić information content (AvgIpc) is 3.21. The third kappa shape index (κ3) is 2.72. The van der Waals surface area contributed by atoms with Gasteiger partial charge in [0.2, 0.25) is 5.91 Å². The van der Waals surface area contributed by atoms with Crippen molar-refractivity contribution < 1.29 is 14.3 Å². The molecule has 1 aliphatic carbocycles. The topological polar surface area (TPSA) is 55.4 Å². The number of carbonyl (C=O) groups excluding carboxylic acids is 2. The number of anilines is 1. The Morgan fingerprint density at radius 2 is 2.20 bits per heavy atom. The largest absolute Gasteiger partial charge is 0.462 e. The van der Waals surface area contributed by atoms with Crippen molar-refractivity contribution in [3.05, 3.63) is 16.0 Å². The normalized spacial score (nSPS) is 17.4. The van der Waals surface area contributed by atoms with Crippen LogP contribution in [0.4, 0.5) is 5.00 Å². The lowest BCUT2D eigenvalue weighted by Gasteiger charge is -2.12. The predicted molar refractivity (Wildman–Crippen MR) is 81.5 cm³/mol. The number of amides is 1. The Balaban J connectivity index is 1.91. The molecule has 1 fully saturated rings. The van der Waals surface area contributed by atoms with E-state index in [1.54, 1.807) is 6.92 Å². The monoisotopic (exact) mass is 311 g/mol. The maximum absolute atomic E-state index is 12.2. The van der Waals surface area contributed by atoms with Gasteiger partial charge in [0.25, 0.3) is 0 Å². The second-order valence-corrected chi connectivity index (χ2v) is 7.20. The molecule has 0 unspecified atom stereocenters. The van der Waals surface area contributed by atoms with Gasteiger partial charge in [0.15, 0.2) is 0 Å². The van der Waals surface area contributed by atoms with E-state index in [1.165, 1.54) is 16.2 Å². The molecule has 3 rings (SSSR count). The molecule has 0 atom stereocenters. The number of nitrogens with one attached hydrogen (secondary N) is 1. The lowest BCUT2D eigenvalue weighted by atomic mass is 10.1. The fourth-order valence-electron chi connectivity index (χ4n) is 2.30. The molecule has 0 aromatic carbocycles. The zero-order chi connectivity index (χ0) is 14.1. The van der Waals surface area contributed by atoms with Gasteiger partial charge >= 0.3 is 5.97 Å². The Labute approximate surface area is 126 Å². The first-order valence-electron chi connectivity index (χ1n) is 6.91. The van der Waals surface area contributed by atoms with Crippen LogP contribution in [0, 0.1) is 5.92 Å². The molecule has 2 heterocycles. The molecule has 1 aromatic heterocycles. The van der Waals surface area contributed by atoms with Crippen LogP contribution in [0.3, 0.4) is 0 Å². The number of carbonyl (C=O) groups is 2. The van der Waals surface area contributed by atoms with Gasteiger partial charge in [-0.2, -0.15) is 11.8 Å². The summed E-state index contributed by atoms with van der Waals surface area (Å²) in [7, 11) is 0. The Morgan fingerprint density at radius 1 is 1.40 bits per heavy atom. The lowest BCUT2D eigenvalue weighted by molar-refractivity contribution is -0.117. The van der Waals surface area contributed by atoms with E-state index in [2.05, 4.69) is 5.32 Å². The molecule has 1 aromatic rings. The molecule has 0 spiro atoms. The first-order valence-corrected chi connectivity index (χ1v) is 8.88. The summed E-state index contributed by atoms with van der Waals surface area (Å²) in [5, 5.41) is 3.63. The molecule has 4 nitrogen and oxygen atoms in total. The first kappa shape index (κ1) is 13.9. The summed E-state index contributed by atoms with van der Waals surface area (Å²) in [6, 6.07) is 0. The van der Waals surface area contributed by atoms with Crippen LogP contribution >= 0.6 is 23.1 Å². The number of thiophene rings is 1. The Bertz CT molecular complexity index is 549. The Morgan fingerprint density at radius 3 is 2.90 bits per heavy atom. The summed E-state index contributed by atoms with van der Waals surface area (Å²) in [6.45, 7) is 2.16. The summed E-state index contributed by atoms with van der Waals surface area (Å²) in [6.07, 6.45) is 2.80. The lowest BCUT2D eigenvalue weighted by Crippen LogP contribution is -2.16. The maximum Gasteiger partial charge on any atom is 0.341 e. The molecule has 6 heteroatoms. The van der Waals surface area contributed by atoms with Crippen LogP contribution < -0.4 is 5.32 Å². The molecule has 1 N–H and O–H groups in total. The molecule has 1 saturated carbocycles. The van der Waals surface area contributed by atoms with Crippen molar-refractivity contribution in [3.63, 3.8) is 0 Å². The Kier molecular flexibility index (Phi) is 4.03. The summed E-state index contributed by atoms with van der Waals surface area (Å²) in [5.74, 6) is 1.82. The number of ether oxygens (including phenoxy) is 1. The minimum Gasteiger partial charge on any atom is -0.462 e. The van der Waals surface area contributed by atoms with Crippen LogP contribution in [0.25, 0.3) is 0 Å². The fraction of sp³-hybridized carbons (Fsp3) is 0.571. The molecular weight excluding hydrogens is 294 g/mol. The highest BCUT2D eigenvalue weighted by atomic mass is 32.2. The van der Waals surface area contributed by atoms with Crippen LogP contribution in [0.2, 0.25) is 0 Å². The minimum absolute atomic E-state index is 0.0433. The van der Waals surface area contributed by atoms with Crippen molar-refractivity contribution in [3.8, 4) is 0 Å². The van der Waals surface area contributed by atoms with E-state index in [9.17, 15) is 9.59 Å². The van der Waals surface area contributed by atoms with Gasteiger partial charge in [-0.3, -0.25) is 4.79 Å². The summed E-state index contributed by atoms with van der Waals surface area (Å²) in [4.78, 5) is 25.4. The van der Waals surface area contributed by atoms with Gasteiger partial charge in [0.1, 0.15) is 5.00 Å². The zero-order valence-corrected chi connectivity index (χ0v) is 13.0. The molecular formula is C14H17NO3S2. The van der Waals surface area contributed by atoms with Crippen LogP contribution in [0.5, 0.6) is 0 Å². The Hall–Kier alpha value is -1.01. The van der Waals surface area contributed by atoms with E-state index in [0.717, 1.165) is 36.3 Å². The van der Waals surface area contributed by atoms with Crippen molar-refractivity contribution in [2.75, 3.05) is 17.7 Å². The third-order valence-electron chi connectivity index (χ3n) is 3.48. The number of hydrogen-bond donors (Lipinski definition) is 1. The van der Waals surface area contributed by atoms with Crippen molar-refractivity contribution in [1.82, 2.24) is 0 Å². The smallest absolute Gasteiger partial charge is 0.341 e. The van der Waals surface area contributed by atoms with E-state index in [4.69, 9.17) is 4.74 Å². The molecule has 20 heavy (non-hydrogen) atoms. The van der Waals surface area contributed by atoms with Crippen molar-refractivity contribution in [2.45, 2.75) is 31.9 Å². The zero-order valence-electron chi connectivity index (χ0n) is 11.4. The van der Waals surface area contributed by atoms with Crippen LogP contribution in [-0.4, -0.2) is 24.2 Å². The molecule has 108 valence electrons. The van der Waals surface area contributed by atoms with Crippen molar-refractivity contribution in [1.29, 1.82) is 0 Å². The van der Waals surface area contributed by atoms with Crippen molar-refractivity contribution in [2.24, 2.45) is 5.92 Å². The van der Waals surface area contributed by atoms with E-state index < -0.39 is 0 Å². The van der Waals surface area contributed by atoms with E-state index in [1.807, 2.05) is 11.8 Å². The van der Waals surface area contributed by atoms with E-state index >= 15 is 0 Å². The molecule has 2 aliphatic rings. The van der Waals surface area contributed by atoms with Gasteiger partial charge in [-0.25, -0.2) is 4.79 Å². The number of esters is 1. The van der Waals surface area contributed by atoms with Crippen molar-refractivity contribution >= 4 is 40.0 Å². The molecule has 1 amide bonds. The third-order valence-corrected chi connectivity index (χ3v) is 5.80. The van der Waals surface area contributed by atoms with Crippen LogP contribution in [-0.2, 0) is 21.7 Å². The highest BCUT2D eigenvalue weighted by Gasteiger charge is 2.33. The highest BCUT2D eigenvalue weighted by molar-refractivity contribution is 7.98.